The molecule has 0 aromatic carbocycles. The molecule has 0 rings (SSSR count). The summed E-state index contributed by atoms with van der Waals surface area (Å²) in [4.78, 5) is 21.1. The summed E-state index contributed by atoms with van der Waals surface area (Å²) in [5.74, 6) is -1.41. The Bertz CT molecular complexity index is 166. The largest absolute Gasteiger partial charge is 0.463 e. The highest BCUT2D eigenvalue weighted by Gasteiger charge is 2.06. The van der Waals surface area contributed by atoms with Crippen molar-refractivity contribution < 1.29 is 24.2 Å². The van der Waals surface area contributed by atoms with Gasteiger partial charge >= 0.3 is 11.9 Å². The molecule has 5 heteroatoms. The minimum atomic E-state index is -0.826. The van der Waals surface area contributed by atoms with Crippen LogP contribution in [0.2, 0.25) is 0 Å². The molecular weight excluding hydrogens is 176 g/mol. The van der Waals surface area contributed by atoms with Crippen molar-refractivity contribution in [2.24, 2.45) is 0 Å². The van der Waals surface area contributed by atoms with Crippen LogP contribution >= 0.6 is 0 Å². The lowest BCUT2D eigenvalue weighted by molar-refractivity contribution is -0.160. The van der Waals surface area contributed by atoms with Gasteiger partial charge in [-0.15, -0.1) is 0 Å². The van der Waals surface area contributed by atoms with Crippen molar-refractivity contribution in [2.75, 3.05) is 19.8 Å². The predicted octanol–water partition coefficient (Wildman–Crippen LogP) is -0.135. The fourth-order valence-corrected chi connectivity index (χ4v) is 0.557. The molecule has 0 amide bonds. The molecule has 0 radical (unpaired) electrons. The first-order chi connectivity index (χ1) is 6.20. The van der Waals surface area contributed by atoms with E-state index < -0.39 is 25.2 Å². The topological polar surface area (TPSA) is 72.8 Å². The first kappa shape index (κ1) is 11.9. The van der Waals surface area contributed by atoms with Gasteiger partial charge in [0.15, 0.2) is 6.61 Å². The van der Waals surface area contributed by atoms with Crippen LogP contribution in [0.4, 0.5) is 0 Å². The molecule has 0 aliphatic rings. The van der Waals surface area contributed by atoms with Gasteiger partial charge in [0.05, 0.1) is 6.61 Å². The second-order valence-electron chi connectivity index (χ2n) is 2.39. The summed E-state index contributed by atoms with van der Waals surface area (Å²) >= 11 is 0. The van der Waals surface area contributed by atoms with Crippen LogP contribution in [0.25, 0.3) is 0 Å². The van der Waals surface area contributed by atoms with Crippen molar-refractivity contribution in [3.63, 3.8) is 0 Å². The van der Waals surface area contributed by atoms with Crippen LogP contribution in [0.5, 0.6) is 0 Å². The molecule has 0 aromatic rings. The minimum Gasteiger partial charge on any atom is -0.463 e. The van der Waals surface area contributed by atoms with E-state index in [1.54, 1.807) is 0 Å². The van der Waals surface area contributed by atoms with Crippen LogP contribution in [0.1, 0.15) is 19.8 Å². The number of esters is 2. The summed E-state index contributed by atoms with van der Waals surface area (Å²) < 4.78 is 9.00. The molecule has 0 aromatic heterocycles. The number of unbranched alkanes of at least 4 members (excludes halogenated alkanes) is 1. The molecule has 0 spiro atoms. The third-order valence-electron chi connectivity index (χ3n) is 1.24. The molecule has 0 atom stereocenters. The number of hydrogen-bond donors (Lipinski definition) is 1. The van der Waals surface area contributed by atoms with Gasteiger partial charge < -0.3 is 14.6 Å². The third-order valence-corrected chi connectivity index (χ3v) is 1.24. The number of carbonyl (C=O) groups is 2. The summed E-state index contributed by atoms with van der Waals surface area (Å²) in [7, 11) is 0. The molecule has 5 nitrogen and oxygen atoms in total. The van der Waals surface area contributed by atoms with Gasteiger partial charge in [-0.3, -0.25) is 0 Å². The lowest BCUT2D eigenvalue weighted by atomic mass is 10.4. The van der Waals surface area contributed by atoms with Crippen molar-refractivity contribution in [3.05, 3.63) is 0 Å². The van der Waals surface area contributed by atoms with Gasteiger partial charge in [0.1, 0.15) is 6.61 Å². The molecule has 1 N–H and O–H groups in total. The van der Waals surface area contributed by atoms with Gasteiger partial charge in [-0.05, 0) is 6.42 Å². The Morgan fingerprint density at radius 1 is 1.23 bits per heavy atom. The monoisotopic (exact) mass is 190 g/mol. The molecule has 0 aliphatic carbocycles. The average Bonchev–Trinajstić information content (AvgIpc) is 2.14. The SMILES string of the molecule is CCCCOC(=O)COC(=O)CO. The number of ether oxygens (including phenoxy) is 2. The van der Waals surface area contributed by atoms with Gasteiger partial charge in [-0.2, -0.15) is 0 Å². The Labute approximate surface area is 76.6 Å². The van der Waals surface area contributed by atoms with Crippen LogP contribution in [0, 0.1) is 0 Å². The summed E-state index contributed by atoms with van der Waals surface area (Å²) in [6, 6.07) is 0. The molecule has 0 aliphatic heterocycles. The zero-order valence-electron chi connectivity index (χ0n) is 7.62. The highest BCUT2D eigenvalue weighted by atomic mass is 16.6. The van der Waals surface area contributed by atoms with E-state index in [0.717, 1.165) is 12.8 Å². The quantitative estimate of drug-likeness (QED) is 0.466. The van der Waals surface area contributed by atoms with E-state index in [2.05, 4.69) is 9.47 Å². The zero-order chi connectivity index (χ0) is 10.1. The van der Waals surface area contributed by atoms with Crippen molar-refractivity contribution >= 4 is 11.9 Å². The van der Waals surface area contributed by atoms with E-state index in [0.29, 0.717) is 6.61 Å². The smallest absolute Gasteiger partial charge is 0.344 e. The summed E-state index contributed by atoms with van der Waals surface area (Å²) in [5, 5.41) is 8.24. The van der Waals surface area contributed by atoms with Crippen molar-refractivity contribution in [1.29, 1.82) is 0 Å². The summed E-state index contributed by atoms with van der Waals surface area (Å²) in [5.41, 5.74) is 0. The van der Waals surface area contributed by atoms with E-state index in [1.165, 1.54) is 0 Å². The van der Waals surface area contributed by atoms with Crippen LogP contribution in [0.15, 0.2) is 0 Å². The fraction of sp³-hybridized carbons (Fsp3) is 0.750. The second-order valence-corrected chi connectivity index (χ2v) is 2.39. The van der Waals surface area contributed by atoms with E-state index in [4.69, 9.17) is 5.11 Å². The zero-order valence-corrected chi connectivity index (χ0v) is 7.62. The Balaban J connectivity index is 3.35. The van der Waals surface area contributed by atoms with Crippen LogP contribution in [-0.2, 0) is 19.1 Å². The number of hydrogen-bond acceptors (Lipinski definition) is 5. The maximum Gasteiger partial charge on any atom is 0.344 e. The molecule has 76 valence electrons. The maximum absolute atomic E-state index is 10.8. The van der Waals surface area contributed by atoms with Gasteiger partial charge in [0.25, 0.3) is 0 Å². The van der Waals surface area contributed by atoms with Crippen LogP contribution < -0.4 is 0 Å². The third kappa shape index (κ3) is 7.27. The number of carbonyl (C=O) groups excluding carboxylic acids is 2. The molecular formula is C8H14O5. The second kappa shape index (κ2) is 7.54. The normalized spacial score (nSPS) is 9.38. The average molecular weight is 190 g/mol. The van der Waals surface area contributed by atoms with Crippen molar-refractivity contribution in [2.45, 2.75) is 19.8 Å². The van der Waals surface area contributed by atoms with Crippen LogP contribution in [-0.4, -0.2) is 36.9 Å². The van der Waals surface area contributed by atoms with E-state index >= 15 is 0 Å². The van der Waals surface area contributed by atoms with E-state index in [-0.39, 0.29) is 0 Å². The van der Waals surface area contributed by atoms with E-state index in [9.17, 15) is 9.59 Å². The number of rotatable bonds is 6. The predicted molar refractivity (Wildman–Crippen MR) is 43.9 cm³/mol. The number of aliphatic hydroxyl groups excluding tert-OH is 1. The maximum atomic E-state index is 10.8. The molecule has 0 saturated carbocycles. The minimum absolute atomic E-state index is 0.339. The van der Waals surface area contributed by atoms with Gasteiger partial charge in [-0.25, -0.2) is 9.59 Å². The molecule has 0 heterocycles. The molecule has 0 unspecified atom stereocenters. The van der Waals surface area contributed by atoms with Crippen LogP contribution in [0.3, 0.4) is 0 Å². The van der Waals surface area contributed by atoms with Crippen molar-refractivity contribution in [1.82, 2.24) is 0 Å². The van der Waals surface area contributed by atoms with Gasteiger partial charge in [0.2, 0.25) is 0 Å². The molecule has 13 heavy (non-hydrogen) atoms. The fourth-order valence-electron chi connectivity index (χ4n) is 0.557. The number of aliphatic hydroxyl groups is 1. The molecule has 0 fully saturated rings. The lowest BCUT2D eigenvalue weighted by Gasteiger charge is -2.03. The first-order valence-electron chi connectivity index (χ1n) is 4.12. The Morgan fingerprint density at radius 2 is 1.92 bits per heavy atom. The first-order valence-corrected chi connectivity index (χ1v) is 4.12. The Morgan fingerprint density at radius 3 is 2.46 bits per heavy atom. The Hall–Kier alpha value is -1.10. The van der Waals surface area contributed by atoms with E-state index in [1.807, 2.05) is 6.92 Å². The summed E-state index contributed by atoms with van der Waals surface area (Å²) in [6.45, 7) is 1.16. The Kier molecular flexibility index (Phi) is 6.91. The van der Waals surface area contributed by atoms with Crippen molar-refractivity contribution in [3.8, 4) is 0 Å². The highest BCUT2D eigenvalue weighted by molar-refractivity contribution is 5.76. The molecule has 0 bridgehead atoms. The van der Waals surface area contributed by atoms with Gasteiger partial charge in [-0.1, -0.05) is 13.3 Å². The standard InChI is InChI=1S/C8H14O5/c1-2-3-4-12-8(11)6-13-7(10)5-9/h9H,2-6H2,1H3. The summed E-state index contributed by atoms with van der Waals surface area (Å²) in [6.07, 6.45) is 1.73. The lowest BCUT2D eigenvalue weighted by Crippen LogP contribution is -2.18. The van der Waals surface area contributed by atoms with Gasteiger partial charge in [0, 0.05) is 0 Å². The highest BCUT2D eigenvalue weighted by Crippen LogP contribution is 1.89. The molecule has 0 saturated heterocycles.